The molecule has 142 valence electrons. The lowest BCUT2D eigenvalue weighted by molar-refractivity contribution is -0.274. The molecule has 2 aromatic rings. The van der Waals surface area contributed by atoms with Crippen LogP contribution in [0.4, 0.5) is 13.2 Å². The van der Waals surface area contributed by atoms with Crippen molar-refractivity contribution in [2.45, 2.75) is 42.4 Å². The van der Waals surface area contributed by atoms with E-state index in [0.717, 1.165) is 54.8 Å². The molecular weight excluding hydrogens is 387 g/mol. The number of rotatable bonds is 6. The van der Waals surface area contributed by atoms with Gasteiger partial charge >= 0.3 is 6.36 Å². The molecule has 3 rings (SSSR count). The highest BCUT2D eigenvalue weighted by Crippen LogP contribution is 2.42. The van der Waals surface area contributed by atoms with Gasteiger partial charge in [-0.25, -0.2) is 13.1 Å². The van der Waals surface area contributed by atoms with Gasteiger partial charge in [-0.1, -0.05) is 18.9 Å². The number of hydrogen-bond donors (Lipinski definition) is 1. The zero-order valence-electron chi connectivity index (χ0n) is 13.8. The van der Waals surface area contributed by atoms with Gasteiger partial charge in [-0.2, -0.15) is 0 Å². The third-order valence-corrected chi connectivity index (χ3v) is 7.11. The number of benzene rings is 1. The number of sulfonamides is 1. The van der Waals surface area contributed by atoms with Gasteiger partial charge in [-0.3, -0.25) is 0 Å². The molecule has 0 spiro atoms. The number of ether oxygens (including phenoxy) is 1. The Kier molecular flexibility index (Phi) is 5.32. The summed E-state index contributed by atoms with van der Waals surface area (Å²) in [5, 5.41) is 1.98. The van der Waals surface area contributed by atoms with Crippen LogP contribution in [0.2, 0.25) is 0 Å². The molecule has 0 bridgehead atoms. The SMILES string of the molecule is O=S(=O)(NCC1(c2cccs2)CCCC1)c1ccc(OC(F)(F)F)cc1. The number of thiophene rings is 1. The first-order valence-electron chi connectivity index (χ1n) is 8.10. The van der Waals surface area contributed by atoms with Crippen molar-refractivity contribution in [3.63, 3.8) is 0 Å². The van der Waals surface area contributed by atoms with E-state index in [1.165, 1.54) is 0 Å². The van der Waals surface area contributed by atoms with Crippen molar-refractivity contribution in [3.05, 3.63) is 46.7 Å². The highest BCUT2D eigenvalue weighted by atomic mass is 32.2. The first kappa shape index (κ1) is 19.2. The predicted octanol–water partition coefficient (Wildman–Crippen LogP) is 4.44. The summed E-state index contributed by atoms with van der Waals surface area (Å²) in [4.78, 5) is 1.07. The second-order valence-electron chi connectivity index (χ2n) is 6.31. The molecule has 1 aliphatic rings. The van der Waals surface area contributed by atoms with Crippen LogP contribution in [0.1, 0.15) is 30.6 Å². The largest absolute Gasteiger partial charge is 0.573 e. The van der Waals surface area contributed by atoms with Crippen LogP contribution in [0.25, 0.3) is 0 Å². The van der Waals surface area contributed by atoms with Crippen LogP contribution < -0.4 is 9.46 Å². The molecule has 26 heavy (non-hydrogen) atoms. The number of hydrogen-bond acceptors (Lipinski definition) is 4. The molecule has 4 nitrogen and oxygen atoms in total. The molecule has 1 aromatic heterocycles. The molecule has 1 N–H and O–H groups in total. The standard InChI is InChI=1S/C17H18F3NO3S2/c18-17(19,20)24-13-5-7-14(8-6-13)26(22,23)21-12-16(9-1-2-10-16)15-4-3-11-25-15/h3-8,11,21H,1-2,9-10,12H2. The Morgan fingerprint density at radius 1 is 1.12 bits per heavy atom. The first-order chi connectivity index (χ1) is 12.2. The van der Waals surface area contributed by atoms with E-state index in [2.05, 4.69) is 9.46 Å². The van der Waals surface area contributed by atoms with E-state index in [9.17, 15) is 21.6 Å². The van der Waals surface area contributed by atoms with Crippen molar-refractivity contribution in [1.29, 1.82) is 0 Å². The minimum absolute atomic E-state index is 0.0913. The summed E-state index contributed by atoms with van der Waals surface area (Å²) < 4.78 is 68.0. The van der Waals surface area contributed by atoms with E-state index >= 15 is 0 Å². The van der Waals surface area contributed by atoms with Gasteiger partial charge in [0, 0.05) is 16.8 Å². The maximum absolute atomic E-state index is 12.5. The van der Waals surface area contributed by atoms with Crippen molar-refractivity contribution in [2.75, 3.05) is 6.54 Å². The maximum atomic E-state index is 12.5. The molecule has 1 aliphatic carbocycles. The van der Waals surface area contributed by atoms with E-state index in [4.69, 9.17) is 0 Å². The molecule has 0 aliphatic heterocycles. The average Bonchev–Trinajstić information content (AvgIpc) is 3.24. The zero-order valence-corrected chi connectivity index (χ0v) is 15.4. The summed E-state index contributed by atoms with van der Waals surface area (Å²) in [5.41, 5.74) is -0.208. The zero-order chi connectivity index (χ0) is 18.8. The molecule has 1 heterocycles. The van der Waals surface area contributed by atoms with Crippen LogP contribution in [-0.4, -0.2) is 21.3 Å². The Morgan fingerprint density at radius 3 is 2.31 bits per heavy atom. The molecule has 1 saturated carbocycles. The van der Waals surface area contributed by atoms with Gasteiger partial charge < -0.3 is 4.74 Å². The minimum Gasteiger partial charge on any atom is -0.406 e. The van der Waals surface area contributed by atoms with Crippen molar-refractivity contribution in [2.24, 2.45) is 0 Å². The second kappa shape index (κ2) is 7.21. The molecule has 0 saturated heterocycles. The molecule has 1 fully saturated rings. The van der Waals surface area contributed by atoms with E-state index in [0.29, 0.717) is 0 Å². The summed E-state index contributed by atoms with van der Waals surface area (Å²) in [6.07, 6.45) is -0.900. The Hall–Kier alpha value is -1.58. The van der Waals surface area contributed by atoms with Gasteiger partial charge in [0.15, 0.2) is 0 Å². The topological polar surface area (TPSA) is 55.4 Å². The van der Waals surface area contributed by atoms with Crippen LogP contribution >= 0.6 is 11.3 Å². The summed E-state index contributed by atoms with van der Waals surface area (Å²) in [5.74, 6) is -0.456. The van der Waals surface area contributed by atoms with Gasteiger partial charge in [0.1, 0.15) is 5.75 Å². The maximum Gasteiger partial charge on any atom is 0.573 e. The minimum atomic E-state index is -4.81. The first-order valence-corrected chi connectivity index (χ1v) is 10.5. The third kappa shape index (κ3) is 4.39. The second-order valence-corrected chi connectivity index (χ2v) is 9.02. The van der Waals surface area contributed by atoms with Gasteiger partial charge in [-0.15, -0.1) is 24.5 Å². The number of halogens is 3. The van der Waals surface area contributed by atoms with E-state index in [1.807, 2.05) is 17.5 Å². The molecule has 9 heteroatoms. The van der Waals surface area contributed by atoms with E-state index in [1.54, 1.807) is 11.3 Å². The molecule has 0 amide bonds. The Bertz CT molecular complexity index is 825. The lowest BCUT2D eigenvalue weighted by atomic mass is 9.85. The fourth-order valence-corrected chi connectivity index (χ4v) is 5.39. The van der Waals surface area contributed by atoms with Crippen molar-refractivity contribution >= 4 is 21.4 Å². The van der Waals surface area contributed by atoms with Gasteiger partial charge in [0.2, 0.25) is 10.0 Å². The van der Waals surface area contributed by atoms with Crippen molar-refractivity contribution in [3.8, 4) is 5.75 Å². The highest BCUT2D eigenvalue weighted by Gasteiger charge is 2.37. The van der Waals surface area contributed by atoms with Gasteiger partial charge in [0.05, 0.1) is 4.90 Å². The summed E-state index contributed by atoms with van der Waals surface area (Å²) in [6.45, 7) is 0.274. The summed E-state index contributed by atoms with van der Waals surface area (Å²) in [7, 11) is -3.82. The Balaban J connectivity index is 1.72. The van der Waals surface area contributed by atoms with Crippen LogP contribution in [0.5, 0.6) is 5.75 Å². The molecule has 0 unspecified atom stereocenters. The van der Waals surface area contributed by atoms with Gasteiger partial charge in [-0.05, 0) is 48.6 Å². The fourth-order valence-electron chi connectivity index (χ4n) is 3.28. The number of nitrogens with one attached hydrogen (secondary N) is 1. The molecule has 1 aromatic carbocycles. The van der Waals surface area contributed by atoms with Crippen LogP contribution in [-0.2, 0) is 15.4 Å². The van der Waals surface area contributed by atoms with E-state index in [-0.39, 0.29) is 16.9 Å². The normalized spacial score (nSPS) is 17.3. The van der Waals surface area contributed by atoms with Crippen molar-refractivity contribution in [1.82, 2.24) is 4.72 Å². The molecule has 0 radical (unpaired) electrons. The average molecular weight is 405 g/mol. The quantitative estimate of drug-likeness (QED) is 0.773. The number of alkyl halides is 3. The van der Waals surface area contributed by atoms with Gasteiger partial charge in [0.25, 0.3) is 0 Å². The molecule has 0 atom stereocenters. The summed E-state index contributed by atoms with van der Waals surface area (Å²) in [6, 6.07) is 8.17. The lowest BCUT2D eigenvalue weighted by Crippen LogP contribution is -2.38. The molecular formula is C17H18F3NO3S2. The van der Waals surface area contributed by atoms with Crippen LogP contribution in [0.3, 0.4) is 0 Å². The predicted molar refractivity (Wildman–Crippen MR) is 92.8 cm³/mol. The highest BCUT2D eigenvalue weighted by molar-refractivity contribution is 7.89. The Labute approximate surface area is 154 Å². The summed E-state index contributed by atoms with van der Waals surface area (Å²) >= 11 is 1.61. The van der Waals surface area contributed by atoms with Crippen LogP contribution in [0.15, 0.2) is 46.7 Å². The van der Waals surface area contributed by atoms with Crippen molar-refractivity contribution < 1.29 is 26.3 Å². The van der Waals surface area contributed by atoms with Crippen LogP contribution in [0, 0.1) is 0 Å². The lowest BCUT2D eigenvalue weighted by Gasteiger charge is -2.28. The Morgan fingerprint density at radius 2 is 1.77 bits per heavy atom. The fraction of sp³-hybridized carbons (Fsp3) is 0.412. The van der Waals surface area contributed by atoms with E-state index < -0.39 is 22.1 Å². The third-order valence-electron chi connectivity index (χ3n) is 4.57. The monoisotopic (exact) mass is 405 g/mol. The smallest absolute Gasteiger partial charge is 0.406 e.